The summed E-state index contributed by atoms with van der Waals surface area (Å²) >= 11 is 0. The second-order valence-corrected chi connectivity index (χ2v) is 4.34. The van der Waals surface area contributed by atoms with Crippen molar-refractivity contribution in [3.05, 3.63) is 33.1 Å². The van der Waals surface area contributed by atoms with Crippen LogP contribution >= 0.6 is 0 Å². The summed E-state index contributed by atoms with van der Waals surface area (Å²) < 4.78 is 10.9. The zero-order valence-electron chi connectivity index (χ0n) is 10.5. The van der Waals surface area contributed by atoms with Crippen molar-refractivity contribution >= 4 is 0 Å². The molecule has 20 heavy (non-hydrogen) atoms. The predicted molar refractivity (Wildman–Crippen MR) is 63.7 cm³/mol. The normalized spacial score (nSPS) is 33.0. The van der Waals surface area contributed by atoms with Crippen LogP contribution < -0.4 is 11.2 Å². The number of aliphatic hydroxyl groups excluding tert-OH is 2. The lowest BCUT2D eigenvalue weighted by Crippen LogP contribution is -2.50. The van der Waals surface area contributed by atoms with Crippen molar-refractivity contribution in [1.29, 1.82) is 5.26 Å². The SMILES string of the molecule is COC[C@H]1O[C@@](C#N)(n2ccc(=O)[nH]c2=O)[C@H](O)[C@@H]1O. The molecule has 0 amide bonds. The van der Waals surface area contributed by atoms with E-state index in [1.54, 1.807) is 6.07 Å². The van der Waals surface area contributed by atoms with Gasteiger partial charge in [0.25, 0.3) is 11.3 Å². The zero-order chi connectivity index (χ0) is 14.9. The van der Waals surface area contributed by atoms with E-state index in [1.807, 2.05) is 4.98 Å². The quantitative estimate of drug-likeness (QED) is 0.556. The van der Waals surface area contributed by atoms with E-state index in [0.29, 0.717) is 0 Å². The third-order valence-corrected chi connectivity index (χ3v) is 3.11. The number of hydrogen-bond donors (Lipinski definition) is 3. The fourth-order valence-electron chi connectivity index (χ4n) is 2.13. The third-order valence-electron chi connectivity index (χ3n) is 3.11. The number of aliphatic hydroxyl groups is 2. The van der Waals surface area contributed by atoms with Crippen LogP contribution in [0.25, 0.3) is 0 Å². The van der Waals surface area contributed by atoms with Gasteiger partial charge in [-0.2, -0.15) is 5.26 Å². The highest BCUT2D eigenvalue weighted by Crippen LogP contribution is 2.34. The van der Waals surface area contributed by atoms with Crippen molar-refractivity contribution in [2.24, 2.45) is 0 Å². The maximum Gasteiger partial charge on any atom is 0.331 e. The lowest BCUT2D eigenvalue weighted by atomic mass is 10.0. The second-order valence-electron chi connectivity index (χ2n) is 4.34. The molecule has 3 N–H and O–H groups in total. The fourth-order valence-corrected chi connectivity index (χ4v) is 2.13. The van der Waals surface area contributed by atoms with E-state index < -0.39 is 35.3 Å². The number of nitrogens with zero attached hydrogens (tertiary/aromatic N) is 2. The Morgan fingerprint density at radius 1 is 1.60 bits per heavy atom. The van der Waals surface area contributed by atoms with E-state index in [9.17, 15) is 25.1 Å². The molecular formula is C11H13N3O6. The molecule has 1 saturated heterocycles. The van der Waals surface area contributed by atoms with E-state index in [4.69, 9.17) is 9.47 Å². The van der Waals surface area contributed by atoms with Gasteiger partial charge in [-0.1, -0.05) is 0 Å². The van der Waals surface area contributed by atoms with Crippen molar-refractivity contribution in [2.45, 2.75) is 24.0 Å². The van der Waals surface area contributed by atoms with Crippen LogP contribution in [0.4, 0.5) is 0 Å². The molecule has 0 radical (unpaired) electrons. The minimum Gasteiger partial charge on any atom is -0.387 e. The average Bonchev–Trinajstić information content (AvgIpc) is 2.65. The minimum absolute atomic E-state index is 0.0697. The molecule has 0 saturated carbocycles. The molecule has 0 spiro atoms. The van der Waals surface area contributed by atoms with Gasteiger partial charge in [0.1, 0.15) is 24.4 Å². The van der Waals surface area contributed by atoms with Crippen molar-refractivity contribution in [2.75, 3.05) is 13.7 Å². The van der Waals surface area contributed by atoms with Gasteiger partial charge in [0.2, 0.25) is 0 Å². The first-order valence-corrected chi connectivity index (χ1v) is 5.73. The Kier molecular flexibility index (Phi) is 3.74. The Morgan fingerprint density at radius 2 is 2.30 bits per heavy atom. The van der Waals surface area contributed by atoms with E-state index in [0.717, 1.165) is 16.8 Å². The number of methoxy groups -OCH3 is 1. The highest BCUT2D eigenvalue weighted by Gasteiger charge is 2.56. The van der Waals surface area contributed by atoms with Crippen LogP contribution in [-0.4, -0.2) is 51.8 Å². The van der Waals surface area contributed by atoms with Crippen LogP contribution in [-0.2, 0) is 15.2 Å². The Hall–Kier alpha value is -1.99. The zero-order valence-corrected chi connectivity index (χ0v) is 10.5. The topological polar surface area (TPSA) is 138 Å². The highest BCUT2D eigenvalue weighted by atomic mass is 16.6. The number of rotatable bonds is 3. The Bertz CT molecular complexity index is 647. The second kappa shape index (κ2) is 5.18. The predicted octanol–water partition coefficient (Wildman–Crippen LogP) is -2.52. The molecule has 9 heteroatoms. The molecule has 1 aromatic rings. The van der Waals surface area contributed by atoms with Gasteiger partial charge in [0, 0.05) is 19.4 Å². The van der Waals surface area contributed by atoms with Crippen LogP contribution in [0.2, 0.25) is 0 Å². The summed E-state index contributed by atoms with van der Waals surface area (Å²) in [6.07, 6.45) is -3.03. The molecule has 1 aliphatic rings. The van der Waals surface area contributed by atoms with Crippen molar-refractivity contribution in [3.63, 3.8) is 0 Å². The first kappa shape index (κ1) is 14.4. The summed E-state index contributed by atoms with van der Waals surface area (Å²) in [5.41, 5.74) is -3.70. The van der Waals surface area contributed by atoms with Gasteiger partial charge in [-0.05, 0) is 0 Å². The first-order chi connectivity index (χ1) is 9.46. The van der Waals surface area contributed by atoms with Crippen molar-refractivity contribution < 1.29 is 19.7 Å². The number of nitrogens with one attached hydrogen (secondary N) is 1. The number of aromatic amines is 1. The van der Waals surface area contributed by atoms with Crippen LogP contribution in [0.3, 0.4) is 0 Å². The smallest absolute Gasteiger partial charge is 0.331 e. The molecule has 4 atom stereocenters. The molecular weight excluding hydrogens is 270 g/mol. The Morgan fingerprint density at radius 3 is 2.85 bits per heavy atom. The minimum atomic E-state index is -2.12. The molecule has 1 aromatic heterocycles. The molecule has 1 fully saturated rings. The summed E-state index contributed by atoms with van der Waals surface area (Å²) in [5.74, 6) is 0. The maximum absolute atomic E-state index is 11.8. The van der Waals surface area contributed by atoms with Crippen LogP contribution in [0.1, 0.15) is 0 Å². The molecule has 1 aliphatic heterocycles. The van der Waals surface area contributed by atoms with E-state index >= 15 is 0 Å². The molecule has 108 valence electrons. The van der Waals surface area contributed by atoms with Gasteiger partial charge < -0.3 is 19.7 Å². The highest BCUT2D eigenvalue weighted by molar-refractivity contribution is 5.12. The van der Waals surface area contributed by atoms with E-state index in [1.165, 1.54) is 7.11 Å². The Balaban J connectivity index is 2.53. The first-order valence-electron chi connectivity index (χ1n) is 5.73. The number of hydrogen-bond acceptors (Lipinski definition) is 7. The molecule has 0 aromatic carbocycles. The number of nitriles is 1. The summed E-state index contributed by atoms with van der Waals surface area (Å²) in [6.45, 7) is -0.0697. The Labute approximate surface area is 112 Å². The van der Waals surface area contributed by atoms with Crippen LogP contribution in [0.5, 0.6) is 0 Å². The third kappa shape index (κ3) is 2.04. The van der Waals surface area contributed by atoms with Gasteiger partial charge in [0.15, 0.2) is 0 Å². The number of H-pyrrole nitrogens is 1. The van der Waals surface area contributed by atoms with Crippen molar-refractivity contribution in [3.8, 4) is 6.07 Å². The molecule has 0 aliphatic carbocycles. The van der Waals surface area contributed by atoms with Crippen molar-refractivity contribution in [1.82, 2.24) is 9.55 Å². The summed E-state index contributed by atoms with van der Waals surface area (Å²) in [7, 11) is 1.36. The van der Waals surface area contributed by atoms with E-state index in [2.05, 4.69) is 0 Å². The molecule has 2 rings (SSSR count). The largest absolute Gasteiger partial charge is 0.387 e. The summed E-state index contributed by atoms with van der Waals surface area (Å²) in [5, 5.41) is 29.2. The summed E-state index contributed by atoms with van der Waals surface area (Å²) in [6, 6.07) is 2.68. The maximum atomic E-state index is 11.8. The number of aromatic nitrogens is 2. The van der Waals surface area contributed by atoms with Gasteiger partial charge in [-0.15, -0.1) is 0 Å². The standard InChI is InChI=1S/C11H13N3O6/c1-19-4-6-8(16)9(17)11(5-12,20-6)14-3-2-7(15)13-10(14)18/h2-3,6,8-9,16-17H,4H2,1H3,(H,13,15,18)/t6-,8-,9-,11-/m1/s1. The lowest BCUT2D eigenvalue weighted by molar-refractivity contribution is -0.112. The number of ether oxygens (including phenoxy) is 2. The van der Waals surface area contributed by atoms with Gasteiger partial charge in [-0.25, -0.2) is 4.79 Å². The van der Waals surface area contributed by atoms with Gasteiger partial charge >= 0.3 is 5.69 Å². The van der Waals surface area contributed by atoms with Crippen LogP contribution in [0.15, 0.2) is 21.9 Å². The van der Waals surface area contributed by atoms with Gasteiger partial charge in [0.05, 0.1) is 6.61 Å². The molecule has 2 heterocycles. The van der Waals surface area contributed by atoms with Crippen LogP contribution in [0, 0.1) is 11.3 Å². The molecule has 9 nitrogen and oxygen atoms in total. The monoisotopic (exact) mass is 283 g/mol. The van der Waals surface area contributed by atoms with Gasteiger partial charge in [-0.3, -0.25) is 14.3 Å². The van der Waals surface area contributed by atoms with E-state index in [-0.39, 0.29) is 6.61 Å². The molecule has 0 bridgehead atoms. The lowest BCUT2D eigenvalue weighted by Gasteiger charge is -2.26. The fraction of sp³-hybridized carbons (Fsp3) is 0.545. The average molecular weight is 283 g/mol. The summed E-state index contributed by atoms with van der Waals surface area (Å²) in [4.78, 5) is 24.8. The molecule has 0 unspecified atom stereocenters.